The summed E-state index contributed by atoms with van der Waals surface area (Å²) >= 11 is 0. The van der Waals surface area contributed by atoms with Crippen LogP contribution in [0.15, 0.2) is 0 Å². The average molecular weight is 579 g/mol. The van der Waals surface area contributed by atoms with Gasteiger partial charge in [0.1, 0.15) is 11.6 Å². The van der Waals surface area contributed by atoms with E-state index in [0.717, 1.165) is 64.2 Å². The molecule has 8 aliphatic carbocycles. The van der Waals surface area contributed by atoms with Crippen molar-refractivity contribution in [1.82, 2.24) is 0 Å². The molecule has 4 heteroatoms. The van der Waals surface area contributed by atoms with Crippen LogP contribution in [0.25, 0.3) is 0 Å². The van der Waals surface area contributed by atoms with Crippen molar-refractivity contribution in [2.75, 3.05) is 0 Å². The fraction of sp³-hybridized carbons (Fsp3) is 0.947. The van der Waals surface area contributed by atoms with Gasteiger partial charge in [-0.25, -0.2) is 0 Å². The minimum atomic E-state index is -0.156. The number of aliphatic hydroxyl groups is 2. The molecule has 0 spiro atoms. The smallest absolute Gasteiger partial charge is 0.133 e. The molecule has 0 amide bonds. The van der Waals surface area contributed by atoms with Gasteiger partial charge in [0.25, 0.3) is 0 Å². The normalized spacial score (nSPS) is 60.5. The quantitative estimate of drug-likeness (QED) is 0.337. The lowest BCUT2D eigenvalue weighted by Gasteiger charge is -2.72. The number of fused-ring (bicyclic) bond motifs is 10. The first kappa shape index (κ1) is 28.7. The van der Waals surface area contributed by atoms with Crippen molar-refractivity contribution in [3.63, 3.8) is 0 Å². The summed E-state index contributed by atoms with van der Waals surface area (Å²) < 4.78 is 0. The molecule has 0 aromatic heterocycles. The molecule has 8 fully saturated rings. The highest BCUT2D eigenvalue weighted by molar-refractivity contribution is 5.82. The molecule has 4 nitrogen and oxygen atoms in total. The third-order valence-corrected chi connectivity index (χ3v) is 17.9. The Bertz CT molecular complexity index is 1160. The molecule has 0 aromatic carbocycles. The second-order valence-corrected chi connectivity index (χ2v) is 18.5. The molecule has 4 unspecified atom stereocenters. The Balaban J connectivity index is 1.22. The van der Waals surface area contributed by atoms with Crippen molar-refractivity contribution in [1.29, 1.82) is 0 Å². The predicted molar refractivity (Wildman–Crippen MR) is 163 cm³/mol. The maximum atomic E-state index is 13.8. The average Bonchev–Trinajstić information content (AvgIpc) is 3.43. The lowest BCUT2D eigenvalue weighted by atomic mass is 9.32. The largest absolute Gasteiger partial charge is 0.393 e. The van der Waals surface area contributed by atoms with Crippen LogP contribution in [0.3, 0.4) is 0 Å². The Hall–Kier alpha value is -0.740. The standard InChI is InChI=1S/C38H58O4/c1-34-15-13-29-26(28(34)8-10-32(34)41)12-18-38(21-23(39)11-17-36(29,38)3)31-20-24(40)19-22-5-6-25-27-7-9-33(42)35(27,2)16-14-30(25)37(22,31)4/h22,25-33,41-42H,5-21H2,1-4H3/t22?,25-,26-,27-,28-,29+,30-,31?,32?,33-,34-,35-,36+,37-,38?/m0/s1. The summed E-state index contributed by atoms with van der Waals surface area (Å²) in [7, 11) is 0. The molecule has 0 heterocycles. The van der Waals surface area contributed by atoms with E-state index in [1.807, 2.05) is 0 Å². The van der Waals surface area contributed by atoms with Crippen LogP contribution in [0.5, 0.6) is 0 Å². The van der Waals surface area contributed by atoms with E-state index in [1.165, 1.54) is 32.1 Å². The molecule has 234 valence electrons. The van der Waals surface area contributed by atoms with E-state index in [0.29, 0.717) is 71.8 Å². The third kappa shape index (κ3) is 3.39. The van der Waals surface area contributed by atoms with Crippen molar-refractivity contribution < 1.29 is 19.8 Å². The maximum Gasteiger partial charge on any atom is 0.133 e. The number of hydrogen-bond donors (Lipinski definition) is 2. The third-order valence-electron chi connectivity index (χ3n) is 17.9. The molecule has 8 aliphatic rings. The number of hydrogen-bond acceptors (Lipinski definition) is 4. The van der Waals surface area contributed by atoms with Crippen LogP contribution in [0.2, 0.25) is 0 Å². The molecular weight excluding hydrogens is 520 g/mol. The number of rotatable bonds is 1. The van der Waals surface area contributed by atoms with Crippen LogP contribution < -0.4 is 0 Å². The molecular formula is C38H58O4. The lowest BCUT2D eigenvalue weighted by Crippen LogP contribution is -2.67. The second kappa shape index (κ2) is 9.17. The van der Waals surface area contributed by atoms with E-state index in [-0.39, 0.29) is 39.3 Å². The van der Waals surface area contributed by atoms with Crippen LogP contribution in [-0.4, -0.2) is 34.0 Å². The van der Waals surface area contributed by atoms with Gasteiger partial charge in [0.2, 0.25) is 0 Å². The van der Waals surface area contributed by atoms with Gasteiger partial charge in [-0.3, -0.25) is 9.59 Å². The van der Waals surface area contributed by atoms with E-state index in [9.17, 15) is 19.8 Å². The Morgan fingerprint density at radius 2 is 1.21 bits per heavy atom. The van der Waals surface area contributed by atoms with E-state index < -0.39 is 0 Å². The van der Waals surface area contributed by atoms with E-state index in [1.54, 1.807) is 0 Å². The summed E-state index contributed by atoms with van der Waals surface area (Å²) in [5.41, 5.74) is 0.251. The SMILES string of the molecule is C[C@]12C(CC[C@@H]3[C@@H]1CC[C@]1(C)[C@@H](O)CC[C@@H]31)CC(=O)CC2C12CC[C@@H]3[C@@H](CC[C@]4(C)C(O)CC[C@@H]34)[C@@]1(C)CCC(=O)C2. The van der Waals surface area contributed by atoms with Crippen LogP contribution in [-0.2, 0) is 9.59 Å². The minimum Gasteiger partial charge on any atom is -0.393 e. The van der Waals surface area contributed by atoms with Crippen molar-refractivity contribution in [3.8, 4) is 0 Å². The molecule has 0 aliphatic heterocycles. The fourth-order valence-corrected chi connectivity index (χ4v) is 15.7. The Labute approximate surface area is 254 Å². The summed E-state index contributed by atoms with van der Waals surface area (Å²) in [6.45, 7) is 10.00. The summed E-state index contributed by atoms with van der Waals surface area (Å²) in [5, 5.41) is 22.2. The minimum absolute atomic E-state index is 0.0661. The van der Waals surface area contributed by atoms with Gasteiger partial charge in [0.05, 0.1) is 12.2 Å². The maximum absolute atomic E-state index is 13.8. The first-order valence-electron chi connectivity index (χ1n) is 18.3. The second-order valence-electron chi connectivity index (χ2n) is 18.5. The highest BCUT2D eigenvalue weighted by atomic mass is 16.3. The summed E-state index contributed by atoms with van der Waals surface area (Å²) in [4.78, 5) is 27.4. The highest BCUT2D eigenvalue weighted by Crippen LogP contribution is 2.77. The highest BCUT2D eigenvalue weighted by Gasteiger charge is 2.72. The van der Waals surface area contributed by atoms with Crippen LogP contribution in [0, 0.1) is 74.4 Å². The van der Waals surface area contributed by atoms with Gasteiger partial charge in [-0.05, 0) is 158 Å². The lowest BCUT2D eigenvalue weighted by molar-refractivity contribution is -0.237. The summed E-state index contributed by atoms with van der Waals surface area (Å²) in [5.74, 6) is 5.46. The molecule has 8 saturated carbocycles. The zero-order chi connectivity index (χ0) is 29.4. The van der Waals surface area contributed by atoms with Crippen molar-refractivity contribution in [2.24, 2.45) is 74.4 Å². The van der Waals surface area contributed by atoms with Gasteiger partial charge in [0, 0.05) is 25.7 Å². The number of carbonyl (C=O) groups is 2. The zero-order valence-corrected chi connectivity index (χ0v) is 27.0. The van der Waals surface area contributed by atoms with Crippen molar-refractivity contribution in [3.05, 3.63) is 0 Å². The first-order chi connectivity index (χ1) is 19.9. The number of ketones is 2. The molecule has 0 radical (unpaired) electrons. The molecule has 2 N–H and O–H groups in total. The Morgan fingerprint density at radius 3 is 1.88 bits per heavy atom. The predicted octanol–water partition coefficient (Wildman–Crippen LogP) is 7.53. The van der Waals surface area contributed by atoms with E-state index in [4.69, 9.17) is 0 Å². The van der Waals surface area contributed by atoms with Crippen LogP contribution in [0.1, 0.15) is 137 Å². The number of aliphatic hydroxyl groups excluding tert-OH is 2. The van der Waals surface area contributed by atoms with Gasteiger partial charge >= 0.3 is 0 Å². The van der Waals surface area contributed by atoms with Gasteiger partial charge in [-0.15, -0.1) is 0 Å². The Kier molecular flexibility index (Phi) is 6.27. The molecule has 42 heavy (non-hydrogen) atoms. The molecule has 15 atom stereocenters. The van der Waals surface area contributed by atoms with Crippen molar-refractivity contribution in [2.45, 2.75) is 149 Å². The first-order valence-corrected chi connectivity index (χ1v) is 18.3. The van der Waals surface area contributed by atoms with Crippen LogP contribution in [0.4, 0.5) is 0 Å². The van der Waals surface area contributed by atoms with Gasteiger partial charge in [-0.1, -0.05) is 27.7 Å². The number of Topliss-reactive ketones (excluding diaryl/α,β-unsaturated/α-hetero) is 2. The van der Waals surface area contributed by atoms with Gasteiger partial charge < -0.3 is 10.2 Å². The van der Waals surface area contributed by atoms with E-state index in [2.05, 4.69) is 27.7 Å². The number of carbonyl (C=O) groups excluding carboxylic acids is 2. The Morgan fingerprint density at radius 1 is 0.595 bits per heavy atom. The molecule has 0 bridgehead atoms. The van der Waals surface area contributed by atoms with Gasteiger partial charge in [0.15, 0.2) is 0 Å². The zero-order valence-electron chi connectivity index (χ0n) is 27.0. The molecule has 0 saturated heterocycles. The summed E-state index contributed by atoms with van der Waals surface area (Å²) in [6.07, 6.45) is 17.1. The van der Waals surface area contributed by atoms with Crippen LogP contribution >= 0.6 is 0 Å². The summed E-state index contributed by atoms with van der Waals surface area (Å²) in [6, 6.07) is 0. The van der Waals surface area contributed by atoms with Gasteiger partial charge in [-0.2, -0.15) is 0 Å². The molecule has 0 aromatic rings. The fourth-order valence-electron chi connectivity index (χ4n) is 15.7. The monoisotopic (exact) mass is 578 g/mol. The van der Waals surface area contributed by atoms with Crippen molar-refractivity contribution >= 4 is 11.6 Å². The van der Waals surface area contributed by atoms with E-state index >= 15 is 0 Å². The topological polar surface area (TPSA) is 74.6 Å². The molecule has 8 rings (SSSR count).